The average molecular weight is 360 g/mol. The number of halogens is 2. The smallest absolute Gasteiger partial charge is 0.143 e. The van der Waals surface area contributed by atoms with Crippen LogP contribution >= 0.6 is 11.6 Å². The van der Waals surface area contributed by atoms with Crippen molar-refractivity contribution in [1.29, 1.82) is 0 Å². The molecule has 0 radical (unpaired) electrons. The normalized spacial score (nSPS) is 21.8. The molecule has 25 heavy (non-hydrogen) atoms. The van der Waals surface area contributed by atoms with Gasteiger partial charge in [-0.2, -0.15) is 0 Å². The maximum absolute atomic E-state index is 13.3. The van der Waals surface area contributed by atoms with E-state index in [9.17, 15) is 9.50 Å². The molecule has 0 spiro atoms. The Morgan fingerprint density at radius 3 is 2.92 bits per heavy atom. The SMILES string of the molecule is Cc1ncnc2c1ccn2C1CCC(C(O)c2ccc(F)c(Cl)c2)C1. The minimum Gasteiger partial charge on any atom is -0.388 e. The lowest BCUT2D eigenvalue weighted by Gasteiger charge is -2.20. The fourth-order valence-corrected chi connectivity index (χ4v) is 4.08. The molecule has 2 aromatic heterocycles. The first-order valence-electron chi connectivity index (χ1n) is 8.45. The molecule has 1 aliphatic rings. The van der Waals surface area contributed by atoms with Crippen molar-refractivity contribution in [2.45, 2.75) is 38.3 Å². The van der Waals surface area contributed by atoms with E-state index in [-0.39, 0.29) is 10.9 Å². The molecule has 1 aliphatic carbocycles. The number of benzene rings is 1. The van der Waals surface area contributed by atoms with Gasteiger partial charge in [-0.1, -0.05) is 17.7 Å². The molecule has 3 aromatic rings. The van der Waals surface area contributed by atoms with Crippen LogP contribution < -0.4 is 0 Å². The van der Waals surface area contributed by atoms with E-state index in [1.165, 1.54) is 12.1 Å². The van der Waals surface area contributed by atoms with Crippen LogP contribution in [-0.2, 0) is 0 Å². The molecule has 3 atom stereocenters. The zero-order chi connectivity index (χ0) is 17.6. The molecule has 1 aromatic carbocycles. The van der Waals surface area contributed by atoms with Crippen LogP contribution in [0, 0.1) is 18.7 Å². The molecule has 4 nitrogen and oxygen atoms in total. The van der Waals surface area contributed by atoms with E-state index >= 15 is 0 Å². The molecular formula is C19H19ClFN3O. The Morgan fingerprint density at radius 2 is 2.12 bits per heavy atom. The predicted octanol–water partition coefficient (Wildman–Crippen LogP) is 4.61. The monoisotopic (exact) mass is 359 g/mol. The highest BCUT2D eigenvalue weighted by molar-refractivity contribution is 6.30. The van der Waals surface area contributed by atoms with Crippen molar-refractivity contribution in [2.75, 3.05) is 0 Å². The van der Waals surface area contributed by atoms with Crippen molar-refractivity contribution < 1.29 is 9.50 Å². The van der Waals surface area contributed by atoms with Crippen LogP contribution in [0.4, 0.5) is 4.39 Å². The third kappa shape index (κ3) is 2.92. The average Bonchev–Trinajstić information content (AvgIpc) is 3.24. The molecule has 6 heteroatoms. The fraction of sp³-hybridized carbons (Fsp3) is 0.368. The Morgan fingerprint density at radius 1 is 1.28 bits per heavy atom. The van der Waals surface area contributed by atoms with Crippen molar-refractivity contribution in [1.82, 2.24) is 14.5 Å². The van der Waals surface area contributed by atoms with E-state index in [0.29, 0.717) is 11.6 Å². The number of hydrogen-bond donors (Lipinski definition) is 1. The van der Waals surface area contributed by atoms with E-state index < -0.39 is 11.9 Å². The Hall–Kier alpha value is -1.98. The highest BCUT2D eigenvalue weighted by atomic mass is 35.5. The van der Waals surface area contributed by atoms with Gasteiger partial charge in [0, 0.05) is 17.6 Å². The number of fused-ring (bicyclic) bond motifs is 1. The van der Waals surface area contributed by atoms with Crippen LogP contribution in [0.3, 0.4) is 0 Å². The molecule has 0 aliphatic heterocycles. The van der Waals surface area contributed by atoms with E-state index in [1.54, 1.807) is 12.4 Å². The van der Waals surface area contributed by atoms with Gasteiger partial charge in [-0.05, 0) is 55.9 Å². The fourth-order valence-electron chi connectivity index (χ4n) is 3.89. The van der Waals surface area contributed by atoms with E-state index in [1.807, 2.05) is 13.0 Å². The summed E-state index contributed by atoms with van der Waals surface area (Å²) in [6.45, 7) is 1.98. The van der Waals surface area contributed by atoms with Gasteiger partial charge in [-0.3, -0.25) is 0 Å². The van der Waals surface area contributed by atoms with Crippen LogP contribution in [0.15, 0.2) is 36.8 Å². The Kier molecular flexibility index (Phi) is 4.21. The summed E-state index contributed by atoms with van der Waals surface area (Å²) in [5.74, 6) is -0.345. The second kappa shape index (κ2) is 6.39. The molecular weight excluding hydrogens is 341 g/mol. The summed E-state index contributed by atoms with van der Waals surface area (Å²) in [6, 6.07) is 6.79. The number of nitrogens with zero attached hydrogens (tertiary/aromatic N) is 3. The van der Waals surface area contributed by atoms with Gasteiger partial charge < -0.3 is 9.67 Å². The first-order valence-corrected chi connectivity index (χ1v) is 8.83. The number of aliphatic hydroxyl groups excluding tert-OH is 1. The van der Waals surface area contributed by atoms with Crippen LogP contribution in [-0.4, -0.2) is 19.6 Å². The molecule has 0 bridgehead atoms. The standard InChI is InChI=1S/C19H19ClFN3O/c1-11-15-6-7-24(19(15)23-10-22-11)14-4-2-12(8-14)18(25)13-3-5-17(21)16(20)9-13/h3,5-7,9-10,12,14,18,25H,2,4,8H2,1H3. The van der Waals surface area contributed by atoms with Crippen LogP contribution in [0.5, 0.6) is 0 Å². The largest absolute Gasteiger partial charge is 0.388 e. The molecule has 1 N–H and O–H groups in total. The highest BCUT2D eigenvalue weighted by Crippen LogP contribution is 2.42. The van der Waals surface area contributed by atoms with Gasteiger partial charge in [0.15, 0.2) is 0 Å². The minimum absolute atomic E-state index is 0.0506. The van der Waals surface area contributed by atoms with Crippen molar-refractivity contribution in [3.8, 4) is 0 Å². The van der Waals surface area contributed by atoms with Crippen LogP contribution in [0.1, 0.15) is 42.7 Å². The summed E-state index contributed by atoms with van der Waals surface area (Å²) >= 11 is 5.85. The Balaban J connectivity index is 1.56. The molecule has 1 saturated carbocycles. The summed E-state index contributed by atoms with van der Waals surface area (Å²) in [5, 5.41) is 11.8. The summed E-state index contributed by atoms with van der Waals surface area (Å²) in [6.07, 6.45) is 5.74. The van der Waals surface area contributed by atoms with Crippen molar-refractivity contribution in [3.63, 3.8) is 0 Å². The summed E-state index contributed by atoms with van der Waals surface area (Å²) in [4.78, 5) is 8.66. The van der Waals surface area contributed by atoms with Gasteiger partial charge in [0.25, 0.3) is 0 Å². The molecule has 0 amide bonds. The maximum Gasteiger partial charge on any atom is 0.143 e. The topological polar surface area (TPSA) is 50.9 Å². The van der Waals surface area contributed by atoms with Crippen molar-refractivity contribution in [3.05, 3.63) is 58.9 Å². The molecule has 3 unspecified atom stereocenters. The second-order valence-corrected chi connectivity index (χ2v) is 7.17. The third-order valence-corrected chi connectivity index (χ3v) is 5.57. The van der Waals surface area contributed by atoms with E-state index in [4.69, 9.17) is 11.6 Å². The lowest BCUT2D eigenvalue weighted by molar-refractivity contribution is 0.109. The number of aromatic nitrogens is 3. The molecule has 1 fully saturated rings. The summed E-state index contributed by atoms with van der Waals surface area (Å²) in [5.41, 5.74) is 2.59. The van der Waals surface area contributed by atoms with E-state index in [2.05, 4.69) is 20.7 Å². The second-order valence-electron chi connectivity index (χ2n) is 6.76. The first kappa shape index (κ1) is 16.5. The van der Waals surface area contributed by atoms with Gasteiger partial charge >= 0.3 is 0 Å². The lowest BCUT2D eigenvalue weighted by Crippen LogP contribution is -2.11. The summed E-state index contributed by atoms with van der Waals surface area (Å²) in [7, 11) is 0. The maximum atomic E-state index is 13.3. The molecule has 2 heterocycles. The van der Waals surface area contributed by atoms with Crippen molar-refractivity contribution >= 4 is 22.6 Å². The van der Waals surface area contributed by atoms with Gasteiger partial charge in [0.05, 0.1) is 16.8 Å². The summed E-state index contributed by atoms with van der Waals surface area (Å²) < 4.78 is 15.5. The number of aryl methyl sites for hydroxylation is 1. The van der Waals surface area contributed by atoms with Gasteiger partial charge in [-0.25, -0.2) is 14.4 Å². The van der Waals surface area contributed by atoms with E-state index in [0.717, 1.165) is 36.0 Å². The molecule has 0 saturated heterocycles. The third-order valence-electron chi connectivity index (χ3n) is 5.28. The zero-order valence-electron chi connectivity index (χ0n) is 13.9. The lowest BCUT2D eigenvalue weighted by atomic mass is 9.94. The number of aliphatic hydroxyl groups is 1. The van der Waals surface area contributed by atoms with Gasteiger partial charge in [-0.15, -0.1) is 0 Å². The zero-order valence-corrected chi connectivity index (χ0v) is 14.6. The van der Waals surface area contributed by atoms with Gasteiger partial charge in [0.1, 0.15) is 17.8 Å². The minimum atomic E-state index is -0.638. The molecule has 130 valence electrons. The quantitative estimate of drug-likeness (QED) is 0.743. The first-order chi connectivity index (χ1) is 12.0. The predicted molar refractivity (Wildman–Crippen MR) is 95.0 cm³/mol. The van der Waals surface area contributed by atoms with Gasteiger partial charge in [0.2, 0.25) is 0 Å². The molecule has 4 rings (SSSR count). The Bertz CT molecular complexity index is 926. The Labute approximate surface area is 150 Å². The van der Waals surface area contributed by atoms with Crippen LogP contribution in [0.2, 0.25) is 5.02 Å². The number of hydrogen-bond acceptors (Lipinski definition) is 3. The number of rotatable bonds is 3. The van der Waals surface area contributed by atoms with Crippen LogP contribution in [0.25, 0.3) is 11.0 Å². The highest BCUT2D eigenvalue weighted by Gasteiger charge is 2.32. The van der Waals surface area contributed by atoms with Crippen molar-refractivity contribution in [2.24, 2.45) is 5.92 Å².